The number of aromatic nitrogens is 3. The molecule has 1 aliphatic rings. The van der Waals surface area contributed by atoms with E-state index in [1.807, 2.05) is 0 Å². The highest BCUT2D eigenvalue weighted by atomic mass is 32.1. The Hall–Kier alpha value is -3.05. The first kappa shape index (κ1) is 21.2. The van der Waals surface area contributed by atoms with Crippen molar-refractivity contribution in [1.82, 2.24) is 14.5 Å². The van der Waals surface area contributed by atoms with Crippen LogP contribution in [0.3, 0.4) is 0 Å². The minimum absolute atomic E-state index is 0.0723. The number of thiophene rings is 1. The molecule has 11 heteroatoms. The topological polar surface area (TPSA) is 71.2 Å². The third-order valence-corrected chi connectivity index (χ3v) is 5.88. The van der Waals surface area contributed by atoms with E-state index in [-0.39, 0.29) is 24.9 Å². The van der Waals surface area contributed by atoms with Crippen LogP contribution in [-0.4, -0.2) is 38.8 Å². The smallest absolute Gasteiger partial charge is 0.387 e. The molecule has 2 aromatic heterocycles. The van der Waals surface area contributed by atoms with Gasteiger partial charge in [0.2, 0.25) is 5.95 Å². The van der Waals surface area contributed by atoms with Gasteiger partial charge in [0.05, 0.1) is 19.2 Å². The van der Waals surface area contributed by atoms with Gasteiger partial charge < -0.3 is 10.0 Å². The molecule has 0 radical (unpaired) electrons. The first-order valence-corrected chi connectivity index (χ1v) is 10.0. The van der Waals surface area contributed by atoms with Crippen LogP contribution in [0.2, 0.25) is 0 Å². The van der Waals surface area contributed by atoms with Crippen molar-refractivity contribution in [2.24, 2.45) is 0 Å². The number of alkyl halides is 3. The summed E-state index contributed by atoms with van der Waals surface area (Å²) in [5, 5.41) is 10.5. The highest BCUT2D eigenvalue weighted by Crippen LogP contribution is 2.34. The van der Waals surface area contributed by atoms with Gasteiger partial charge >= 0.3 is 11.9 Å². The zero-order valence-electron chi connectivity index (χ0n) is 15.9. The molecule has 1 aromatic carbocycles. The molecular formula is C20H16F4N4O2S. The lowest BCUT2D eigenvalue weighted by atomic mass is 9.97. The molecule has 0 unspecified atom stereocenters. The average molecular weight is 452 g/mol. The summed E-state index contributed by atoms with van der Waals surface area (Å²) in [7, 11) is 0. The van der Waals surface area contributed by atoms with Crippen molar-refractivity contribution in [3.8, 4) is 0 Å². The number of nitrogens with zero attached hydrogens (tertiary/aromatic N) is 4. The van der Waals surface area contributed by atoms with Gasteiger partial charge in [-0.15, -0.1) is 11.3 Å². The van der Waals surface area contributed by atoms with Crippen LogP contribution in [0, 0.1) is 5.82 Å². The van der Waals surface area contributed by atoms with Gasteiger partial charge in [-0.2, -0.15) is 18.2 Å². The maximum atomic E-state index is 13.1. The Labute approximate surface area is 177 Å². The predicted octanol–water partition coefficient (Wildman–Crippen LogP) is 3.17. The highest BCUT2D eigenvalue weighted by molar-refractivity contribution is 7.12. The van der Waals surface area contributed by atoms with Crippen molar-refractivity contribution in [2.45, 2.75) is 18.8 Å². The fraction of sp³-hybridized carbons (Fsp3) is 0.250. The van der Waals surface area contributed by atoms with E-state index in [9.17, 15) is 27.5 Å². The molecule has 0 saturated heterocycles. The maximum Gasteiger partial charge on any atom is 0.425 e. The Bertz CT molecular complexity index is 1170. The molecule has 0 aliphatic carbocycles. The van der Waals surface area contributed by atoms with Gasteiger partial charge in [-0.1, -0.05) is 18.2 Å². The molecular weight excluding hydrogens is 436 g/mol. The lowest BCUT2D eigenvalue weighted by Crippen LogP contribution is -2.40. The van der Waals surface area contributed by atoms with E-state index in [4.69, 9.17) is 0 Å². The van der Waals surface area contributed by atoms with Crippen LogP contribution in [0.5, 0.6) is 0 Å². The third kappa shape index (κ3) is 4.67. The average Bonchev–Trinajstić information content (AvgIpc) is 3.19. The van der Waals surface area contributed by atoms with Crippen LogP contribution in [0.15, 0.2) is 53.6 Å². The number of hydrogen-bond donors (Lipinski definition) is 1. The molecule has 0 fully saturated rings. The van der Waals surface area contributed by atoms with E-state index in [2.05, 4.69) is 9.97 Å². The number of β-amino-alcohol motifs (C(OH)–C–C–N with tert-alkyl or cyclic N) is 1. The maximum absolute atomic E-state index is 13.1. The minimum atomic E-state index is -4.43. The summed E-state index contributed by atoms with van der Waals surface area (Å²) in [6.45, 7) is 0.386. The van der Waals surface area contributed by atoms with Crippen molar-refractivity contribution >= 4 is 22.9 Å². The molecule has 162 valence electrons. The van der Waals surface area contributed by atoms with Gasteiger partial charge in [-0.05, 0) is 35.4 Å². The Morgan fingerprint density at radius 1 is 1.16 bits per heavy atom. The second kappa shape index (κ2) is 8.23. The summed E-state index contributed by atoms with van der Waals surface area (Å²) in [6, 6.07) is 8.06. The molecule has 0 saturated carbocycles. The summed E-state index contributed by atoms with van der Waals surface area (Å²) in [6.07, 6.45) is -2.34. The van der Waals surface area contributed by atoms with Crippen molar-refractivity contribution < 1.29 is 22.7 Å². The van der Waals surface area contributed by atoms with Gasteiger partial charge in [0.1, 0.15) is 17.0 Å². The number of hydrogen-bond acceptors (Lipinski definition) is 6. The molecule has 3 heterocycles. The quantitative estimate of drug-likeness (QED) is 0.616. The van der Waals surface area contributed by atoms with E-state index in [1.54, 1.807) is 23.1 Å². The lowest BCUT2D eigenvalue weighted by molar-refractivity contribution is -0.134. The van der Waals surface area contributed by atoms with Gasteiger partial charge in [0.15, 0.2) is 0 Å². The molecule has 0 amide bonds. The molecule has 1 N–H and O–H groups in total. The molecule has 0 spiro atoms. The normalized spacial score (nSPS) is 17.0. The Balaban J connectivity index is 1.49. The van der Waals surface area contributed by atoms with Crippen LogP contribution in [-0.2, 0) is 12.7 Å². The zero-order chi connectivity index (χ0) is 22.2. The van der Waals surface area contributed by atoms with Gasteiger partial charge in [-0.3, -0.25) is 4.57 Å². The number of aliphatic hydroxyl groups excluding tert-OH is 1. The number of benzene rings is 1. The molecule has 1 atom stereocenters. The van der Waals surface area contributed by atoms with Crippen molar-refractivity contribution in [2.75, 3.05) is 18.0 Å². The second-order valence-corrected chi connectivity index (χ2v) is 8.09. The van der Waals surface area contributed by atoms with Crippen LogP contribution < -0.4 is 10.6 Å². The van der Waals surface area contributed by atoms with Crippen LogP contribution in [0.25, 0.3) is 5.57 Å². The molecule has 6 nitrogen and oxygen atoms in total. The Kier molecular flexibility index (Phi) is 5.63. The van der Waals surface area contributed by atoms with Crippen molar-refractivity contribution in [1.29, 1.82) is 0 Å². The third-order valence-electron chi connectivity index (χ3n) is 4.77. The fourth-order valence-electron chi connectivity index (χ4n) is 3.24. The second-order valence-electron chi connectivity index (χ2n) is 6.92. The predicted molar refractivity (Wildman–Crippen MR) is 107 cm³/mol. The largest absolute Gasteiger partial charge is 0.425 e. The standard InChI is InChI=1S/C20H16F4N4O2S/c21-13-3-1-12(2-4-13)15-7-8-27(10-16(15)29)18-25-11-28(19(30)26-18)9-14-5-6-17(31-14)20(22,23)24/h1-7,11,16,29H,8-10H2/t16-/m1/s1. The van der Waals surface area contributed by atoms with E-state index < -0.39 is 22.8 Å². The summed E-state index contributed by atoms with van der Waals surface area (Å²) in [5.41, 5.74) is 0.677. The van der Waals surface area contributed by atoms with E-state index >= 15 is 0 Å². The number of aliphatic hydroxyl groups is 1. The summed E-state index contributed by atoms with van der Waals surface area (Å²) in [4.78, 5) is 21.6. The van der Waals surface area contributed by atoms with Gasteiger partial charge in [0, 0.05) is 11.4 Å². The Morgan fingerprint density at radius 2 is 1.90 bits per heavy atom. The van der Waals surface area contributed by atoms with Crippen LogP contribution >= 0.6 is 11.3 Å². The SMILES string of the molecule is O=c1nc(N2CC=C(c3ccc(F)cc3)[C@H](O)C2)ncn1Cc1ccc(C(F)(F)F)s1. The van der Waals surface area contributed by atoms with Crippen molar-refractivity contribution in [3.05, 3.63) is 80.4 Å². The number of rotatable bonds is 4. The molecule has 4 rings (SSSR count). The first-order valence-electron chi connectivity index (χ1n) is 9.19. The molecule has 0 bridgehead atoms. The van der Waals surface area contributed by atoms with E-state index in [0.29, 0.717) is 33.9 Å². The molecule has 31 heavy (non-hydrogen) atoms. The highest BCUT2D eigenvalue weighted by Gasteiger charge is 2.32. The fourth-order valence-corrected chi connectivity index (χ4v) is 4.11. The van der Waals surface area contributed by atoms with Crippen LogP contribution in [0.1, 0.15) is 15.3 Å². The van der Waals surface area contributed by atoms with E-state index in [0.717, 1.165) is 10.6 Å². The summed E-state index contributed by atoms with van der Waals surface area (Å²) >= 11 is 0.560. The first-order chi connectivity index (χ1) is 14.7. The van der Waals surface area contributed by atoms with E-state index in [1.165, 1.54) is 24.5 Å². The summed E-state index contributed by atoms with van der Waals surface area (Å²) in [5.74, 6) is -0.265. The minimum Gasteiger partial charge on any atom is -0.387 e. The Morgan fingerprint density at radius 3 is 2.52 bits per heavy atom. The van der Waals surface area contributed by atoms with Crippen LogP contribution in [0.4, 0.5) is 23.5 Å². The van der Waals surface area contributed by atoms with Crippen molar-refractivity contribution in [3.63, 3.8) is 0 Å². The van der Waals surface area contributed by atoms with Gasteiger partial charge in [-0.25, -0.2) is 14.2 Å². The van der Waals surface area contributed by atoms with Gasteiger partial charge in [0.25, 0.3) is 0 Å². The number of anilines is 1. The molecule has 3 aromatic rings. The summed E-state index contributed by atoms with van der Waals surface area (Å²) < 4.78 is 52.4. The monoisotopic (exact) mass is 452 g/mol. The molecule has 1 aliphatic heterocycles. The zero-order valence-corrected chi connectivity index (χ0v) is 16.7. The lowest BCUT2D eigenvalue weighted by Gasteiger charge is -2.30. The number of halogens is 4.